The van der Waals surface area contributed by atoms with E-state index in [-0.39, 0.29) is 24.0 Å². The lowest BCUT2D eigenvalue weighted by atomic mass is 10.1. The van der Waals surface area contributed by atoms with Gasteiger partial charge in [0.25, 0.3) is 0 Å². The Balaban J connectivity index is 0.00000200. The van der Waals surface area contributed by atoms with E-state index in [0.29, 0.717) is 12.5 Å². The number of fused-ring (bicyclic) bond motifs is 1. The number of hydrogen-bond acceptors (Lipinski definition) is 2. The molecule has 20 heavy (non-hydrogen) atoms. The molecule has 2 aromatic rings. The first-order chi connectivity index (χ1) is 9.26. The minimum atomic E-state index is 0. The summed E-state index contributed by atoms with van der Waals surface area (Å²) in [6.07, 6.45) is 1.81. The molecule has 2 rings (SSSR count). The minimum Gasteiger partial charge on any atom is -0.370 e. The highest BCUT2D eigenvalue weighted by molar-refractivity contribution is 14.0. The molecular weight excluding hydrogens is 363 g/mol. The van der Waals surface area contributed by atoms with Gasteiger partial charge >= 0.3 is 0 Å². The smallest absolute Gasteiger partial charge is 0.191 e. The van der Waals surface area contributed by atoms with Crippen molar-refractivity contribution in [2.75, 3.05) is 13.1 Å². The highest BCUT2D eigenvalue weighted by atomic mass is 127. The summed E-state index contributed by atoms with van der Waals surface area (Å²) in [7, 11) is 0. The highest BCUT2D eigenvalue weighted by Gasteiger charge is 2.04. The van der Waals surface area contributed by atoms with Gasteiger partial charge < -0.3 is 10.6 Å². The Bertz CT molecular complexity index is 574. The van der Waals surface area contributed by atoms with Gasteiger partial charge in [0.2, 0.25) is 0 Å². The second-order valence-electron chi connectivity index (χ2n) is 4.34. The van der Waals surface area contributed by atoms with Gasteiger partial charge in [-0.15, -0.1) is 24.0 Å². The van der Waals surface area contributed by atoms with Crippen LogP contribution in [0.1, 0.15) is 19.4 Å². The number of para-hydroxylation sites is 1. The fourth-order valence-corrected chi connectivity index (χ4v) is 2.11. The van der Waals surface area contributed by atoms with Crippen LogP contribution in [0.4, 0.5) is 0 Å². The number of nitrogens with two attached hydrogens (primary N) is 1. The molecule has 1 heterocycles. The quantitative estimate of drug-likeness (QED) is 0.501. The van der Waals surface area contributed by atoms with Gasteiger partial charge in [0.05, 0.1) is 12.1 Å². The van der Waals surface area contributed by atoms with Crippen LogP contribution in [0.3, 0.4) is 0 Å². The highest BCUT2D eigenvalue weighted by Crippen LogP contribution is 2.16. The maximum absolute atomic E-state index is 5.99. The Hall–Kier alpha value is -1.37. The summed E-state index contributed by atoms with van der Waals surface area (Å²) in [5.41, 5.74) is 8.09. The SMILES string of the molecule is CCN(CC)C(N)=NCc1cccc2cccnc12.I. The summed E-state index contributed by atoms with van der Waals surface area (Å²) in [6, 6.07) is 10.1. The molecule has 108 valence electrons. The number of benzene rings is 1. The summed E-state index contributed by atoms with van der Waals surface area (Å²) < 4.78 is 0. The number of aliphatic imine (C=N–C) groups is 1. The first kappa shape index (κ1) is 16.7. The molecule has 0 saturated carbocycles. The van der Waals surface area contributed by atoms with Crippen LogP contribution in [0.25, 0.3) is 10.9 Å². The van der Waals surface area contributed by atoms with E-state index in [9.17, 15) is 0 Å². The van der Waals surface area contributed by atoms with E-state index in [1.807, 2.05) is 29.3 Å². The van der Waals surface area contributed by atoms with Gasteiger partial charge in [-0.2, -0.15) is 0 Å². The van der Waals surface area contributed by atoms with Crippen molar-refractivity contribution in [1.29, 1.82) is 0 Å². The van der Waals surface area contributed by atoms with Crippen molar-refractivity contribution >= 4 is 40.8 Å². The summed E-state index contributed by atoms with van der Waals surface area (Å²) in [5.74, 6) is 0.595. The average molecular weight is 384 g/mol. The normalized spacial score (nSPS) is 11.2. The molecule has 0 aliphatic heterocycles. The van der Waals surface area contributed by atoms with Crippen molar-refractivity contribution in [2.24, 2.45) is 10.7 Å². The summed E-state index contributed by atoms with van der Waals surface area (Å²) in [6.45, 7) is 6.46. The minimum absolute atomic E-state index is 0. The molecular formula is C15H21IN4. The van der Waals surface area contributed by atoms with E-state index in [0.717, 1.165) is 29.6 Å². The van der Waals surface area contributed by atoms with Crippen LogP contribution < -0.4 is 5.73 Å². The van der Waals surface area contributed by atoms with Crippen LogP contribution >= 0.6 is 24.0 Å². The predicted molar refractivity (Wildman–Crippen MR) is 95.4 cm³/mol. The first-order valence-electron chi connectivity index (χ1n) is 6.63. The van der Waals surface area contributed by atoms with Crippen LogP contribution in [0.15, 0.2) is 41.5 Å². The largest absolute Gasteiger partial charge is 0.370 e. The summed E-state index contributed by atoms with van der Waals surface area (Å²) >= 11 is 0. The van der Waals surface area contributed by atoms with E-state index in [2.05, 4.69) is 36.0 Å². The molecule has 0 saturated heterocycles. The number of hydrogen-bond donors (Lipinski definition) is 1. The van der Waals surface area contributed by atoms with Gasteiger partial charge in [0.15, 0.2) is 5.96 Å². The van der Waals surface area contributed by atoms with E-state index in [1.165, 1.54) is 0 Å². The van der Waals surface area contributed by atoms with E-state index in [1.54, 1.807) is 0 Å². The van der Waals surface area contributed by atoms with Crippen molar-refractivity contribution in [2.45, 2.75) is 20.4 Å². The molecule has 0 unspecified atom stereocenters. The van der Waals surface area contributed by atoms with E-state index in [4.69, 9.17) is 5.73 Å². The molecule has 0 amide bonds. The van der Waals surface area contributed by atoms with Crippen LogP contribution in [0.2, 0.25) is 0 Å². The second-order valence-corrected chi connectivity index (χ2v) is 4.34. The van der Waals surface area contributed by atoms with Gasteiger partial charge in [-0.3, -0.25) is 4.98 Å². The zero-order chi connectivity index (χ0) is 13.7. The zero-order valence-electron chi connectivity index (χ0n) is 11.9. The molecule has 1 aromatic carbocycles. The van der Waals surface area contributed by atoms with Crippen molar-refractivity contribution in [3.05, 3.63) is 42.1 Å². The molecule has 2 N–H and O–H groups in total. The Morgan fingerprint density at radius 2 is 1.90 bits per heavy atom. The lowest BCUT2D eigenvalue weighted by Gasteiger charge is -2.19. The maximum Gasteiger partial charge on any atom is 0.191 e. The van der Waals surface area contributed by atoms with E-state index < -0.39 is 0 Å². The lowest BCUT2D eigenvalue weighted by Crippen LogP contribution is -2.37. The fourth-order valence-electron chi connectivity index (χ4n) is 2.11. The molecule has 0 radical (unpaired) electrons. The van der Waals surface area contributed by atoms with E-state index >= 15 is 0 Å². The Morgan fingerprint density at radius 3 is 2.60 bits per heavy atom. The molecule has 0 spiro atoms. The third kappa shape index (κ3) is 3.82. The third-order valence-corrected chi connectivity index (χ3v) is 3.22. The fraction of sp³-hybridized carbons (Fsp3) is 0.333. The topological polar surface area (TPSA) is 54.5 Å². The zero-order valence-corrected chi connectivity index (χ0v) is 14.2. The second kappa shape index (κ2) is 8.04. The van der Waals surface area contributed by atoms with Gasteiger partial charge in [-0.25, -0.2) is 4.99 Å². The van der Waals surface area contributed by atoms with Crippen LogP contribution in [0.5, 0.6) is 0 Å². The number of nitrogens with zero attached hydrogens (tertiary/aromatic N) is 3. The van der Waals surface area contributed by atoms with Gasteiger partial charge in [-0.05, 0) is 25.5 Å². The van der Waals surface area contributed by atoms with Crippen LogP contribution in [-0.2, 0) is 6.54 Å². The molecule has 5 heteroatoms. The molecule has 0 atom stereocenters. The van der Waals surface area contributed by atoms with Gasteiger partial charge in [0.1, 0.15) is 0 Å². The third-order valence-electron chi connectivity index (χ3n) is 3.22. The van der Waals surface area contributed by atoms with Crippen molar-refractivity contribution in [1.82, 2.24) is 9.88 Å². The van der Waals surface area contributed by atoms with Crippen molar-refractivity contribution in [3.8, 4) is 0 Å². The Morgan fingerprint density at radius 1 is 1.20 bits per heavy atom. The number of guanidine groups is 1. The standard InChI is InChI=1S/C15H20N4.HI/c1-3-19(4-2)15(16)18-11-13-8-5-7-12-9-6-10-17-14(12)13;/h5-10H,3-4,11H2,1-2H3,(H2,16,18);1H. The Kier molecular flexibility index (Phi) is 6.70. The summed E-state index contributed by atoms with van der Waals surface area (Å²) in [5, 5.41) is 1.14. The number of pyridine rings is 1. The summed E-state index contributed by atoms with van der Waals surface area (Å²) in [4.78, 5) is 10.9. The molecule has 0 aliphatic rings. The maximum atomic E-state index is 5.99. The number of rotatable bonds is 4. The van der Waals surface area contributed by atoms with Gasteiger partial charge in [-0.1, -0.05) is 24.3 Å². The molecule has 4 nitrogen and oxygen atoms in total. The number of aromatic nitrogens is 1. The van der Waals surface area contributed by atoms with Crippen LogP contribution in [-0.4, -0.2) is 28.9 Å². The first-order valence-corrected chi connectivity index (χ1v) is 6.63. The lowest BCUT2D eigenvalue weighted by molar-refractivity contribution is 0.458. The molecule has 1 aromatic heterocycles. The molecule has 0 fully saturated rings. The Labute approximate surface area is 137 Å². The number of halogens is 1. The van der Waals surface area contributed by atoms with Crippen molar-refractivity contribution < 1.29 is 0 Å². The monoisotopic (exact) mass is 384 g/mol. The van der Waals surface area contributed by atoms with Crippen molar-refractivity contribution in [3.63, 3.8) is 0 Å². The molecule has 0 bridgehead atoms. The van der Waals surface area contributed by atoms with Gasteiger partial charge in [0, 0.05) is 24.7 Å². The molecule has 0 aliphatic carbocycles. The average Bonchev–Trinajstić information content (AvgIpc) is 2.46. The predicted octanol–water partition coefficient (Wildman–Crippen LogP) is 3.01. The van der Waals surface area contributed by atoms with Crippen LogP contribution in [0, 0.1) is 0 Å².